The van der Waals surface area contributed by atoms with E-state index in [2.05, 4.69) is 20.4 Å². The minimum absolute atomic E-state index is 0.324. The van der Waals surface area contributed by atoms with Gasteiger partial charge in [-0.05, 0) is 11.3 Å². The zero-order chi connectivity index (χ0) is 11.8. The van der Waals surface area contributed by atoms with Gasteiger partial charge in [-0.3, -0.25) is 0 Å². The first-order chi connectivity index (χ1) is 8.25. The van der Waals surface area contributed by atoms with Crippen molar-refractivity contribution in [1.82, 2.24) is 25.2 Å². The van der Waals surface area contributed by atoms with E-state index in [1.54, 1.807) is 6.20 Å². The van der Waals surface area contributed by atoms with Crippen LogP contribution >= 0.6 is 0 Å². The van der Waals surface area contributed by atoms with Gasteiger partial charge in [-0.1, -0.05) is 18.2 Å². The number of aromatic nitrogens is 5. The molecule has 3 aromatic rings. The first-order valence-corrected chi connectivity index (χ1v) is 4.85. The summed E-state index contributed by atoms with van der Waals surface area (Å²) in [6.45, 7) is 0. The van der Waals surface area contributed by atoms with Crippen molar-refractivity contribution in [2.24, 2.45) is 0 Å². The van der Waals surface area contributed by atoms with Crippen molar-refractivity contribution in [3.63, 3.8) is 0 Å². The molecule has 0 aliphatic heterocycles. The molecule has 3 rings (SSSR count). The van der Waals surface area contributed by atoms with Crippen molar-refractivity contribution in [3.05, 3.63) is 36.3 Å². The van der Waals surface area contributed by atoms with E-state index in [0.29, 0.717) is 5.69 Å². The zero-order valence-electron chi connectivity index (χ0n) is 8.53. The van der Waals surface area contributed by atoms with Crippen LogP contribution in [0.4, 0.5) is 0 Å². The van der Waals surface area contributed by atoms with E-state index in [0.717, 1.165) is 10.9 Å². The van der Waals surface area contributed by atoms with Crippen molar-refractivity contribution >= 4 is 16.9 Å². The van der Waals surface area contributed by atoms with Crippen LogP contribution in [-0.4, -0.2) is 36.3 Å². The van der Waals surface area contributed by atoms with E-state index in [1.165, 1.54) is 4.80 Å². The maximum Gasteiger partial charge on any atom is 0.377 e. The standard InChI is InChI=1S/C10H7N5O2/c16-10(17)9-12-14-15(13-9)8-5-11-7-4-2-1-3-6(7)8/h1-5,11H,(H,16,17). The van der Waals surface area contributed by atoms with Gasteiger partial charge in [0.1, 0.15) is 5.69 Å². The second-order valence-electron chi connectivity index (χ2n) is 3.43. The van der Waals surface area contributed by atoms with Crippen LogP contribution < -0.4 is 0 Å². The Morgan fingerprint density at radius 3 is 2.94 bits per heavy atom. The van der Waals surface area contributed by atoms with Gasteiger partial charge in [0.25, 0.3) is 5.82 Å². The monoisotopic (exact) mass is 229 g/mol. The van der Waals surface area contributed by atoms with Gasteiger partial charge in [-0.15, -0.1) is 15.0 Å². The second kappa shape index (κ2) is 3.41. The van der Waals surface area contributed by atoms with Gasteiger partial charge in [0.05, 0.1) is 0 Å². The molecule has 0 spiro atoms. The van der Waals surface area contributed by atoms with E-state index in [-0.39, 0.29) is 5.82 Å². The molecule has 0 fully saturated rings. The van der Waals surface area contributed by atoms with Gasteiger partial charge < -0.3 is 10.1 Å². The molecule has 7 heteroatoms. The van der Waals surface area contributed by atoms with Crippen LogP contribution in [0.25, 0.3) is 16.6 Å². The number of hydrogen-bond donors (Lipinski definition) is 2. The SMILES string of the molecule is O=C(O)c1nnn(-c2c[nH]c3ccccc23)n1. The Morgan fingerprint density at radius 2 is 2.18 bits per heavy atom. The summed E-state index contributed by atoms with van der Waals surface area (Å²) in [6.07, 6.45) is 1.71. The fourth-order valence-corrected chi connectivity index (χ4v) is 1.62. The summed E-state index contributed by atoms with van der Waals surface area (Å²) in [5.74, 6) is -1.52. The van der Waals surface area contributed by atoms with E-state index in [9.17, 15) is 4.79 Å². The number of nitrogens with one attached hydrogen (secondary N) is 1. The molecule has 0 aliphatic rings. The van der Waals surface area contributed by atoms with Crippen molar-refractivity contribution in [2.75, 3.05) is 0 Å². The molecule has 2 heterocycles. The molecule has 0 bridgehead atoms. The molecule has 0 saturated carbocycles. The number of carboxylic acids is 1. The third-order valence-electron chi connectivity index (χ3n) is 2.39. The highest BCUT2D eigenvalue weighted by atomic mass is 16.4. The van der Waals surface area contributed by atoms with Gasteiger partial charge in [-0.2, -0.15) is 0 Å². The maximum atomic E-state index is 10.7. The Kier molecular flexibility index (Phi) is 1.91. The normalized spacial score (nSPS) is 10.8. The molecule has 7 nitrogen and oxygen atoms in total. The van der Waals surface area contributed by atoms with Crippen LogP contribution in [0.1, 0.15) is 10.6 Å². The molecular formula is C10H7N5O2. The van der Waals surface area contributed by atoms with Crippen LogP contribution in [0.3, 0.4) is 0 Å². The average molecular weight is 229 g/mol. The highest BCUT2D eigenvalue weighted by molar-refractivity contribution is 5.88. The summed E-state index contributed by atoms with van der Waals surface area (Å²) in [7, 11) is 0. The Bertz CT molecular complexity index is 699. The van der Waals surface area contributed by atoms with Crippen molar-refractivity contribution in [1.29, 1.82) is 0 Å². The zero-order valence-corrected chi connectivity index (χ0v) is 8.53. The predicted molar refractivity (Wildman–Crippen MR) is 58.0 cm³/mol. The lowest BCUT2D eigenvalue weighted by molar-refractivity contribution is 0.0683. The van der Waals surface area contributed by atoms with Crippen molar-refractivity contribution in [3.8, 4) is 5.69 Å². The Balaban J connectivity index is 2.17. The van der Waals surface area contributed by atoms with E-state index in [1.807, 2.05) is 24.3 Å². The number of carbonyl (C=O) groups is 1. The highest BCUT2D eigenvalue weighted by Gasteiger charge is 2.13. The van der Waals surface area contributed by atoms with E-state index < -0.39 is 5.97 Å². The van der Waals surface area contributed by atoms with Gasteiger partial charge in [0.15, 0.2) is 0 Å². The topological polar surface area (TPSA) is 96.7 Å². The Labute approximate surface area is 94.7 Å². The fourth-order valence-electron chi connectivity index (χ4n) is 1.62. The fraction of sp³-hybridized carbons (Fsp3) is 0. The van der Waals surface area contributed by atoms with Gasteiger partial charge >= 0.3 is 5.97 Å². The molecule has 2 N–H and O–H groups in total. The summed E-state index contributed by atoms with van der Waals surface area (Å²) in [5.41, 5.74) is 1.59. The lowest BCUT2D eigenvalue weighted by atomic mass is 10.2. The summed E-state index contributed by atoms with van der Waals surface area (Å²) >= 11 is 0. The third kappa shape index (κ3) is 1.44. The number of aromatic amines is 1. The molecule has 2 aromatic heterocycles. The molecule has 0 amide bonds. The first kappa shape index (κ1) is 9.52. The number of fused-ring (bicyclic) bond motifs is 1. The number of rotatable bonds is 2. The summed E-state index contributed by atoms with van der Waals surface area (Å²) in [4.78, 5) is 14.9. The molecule has 1 aromatic carbocycles. The van der Waals surface area contributed by atoms with Crippen LogP contribution in [-0.2, 0) is 0 Å². The number of aromatic carboxylic acids is 1. The lowest BCUT2D eigenvalue weighted by Gasteiger charge is -1.94. The number of hydrogen-bond acceptors (Lipinski definition) is 4. The number of benzene rings is 1. The van der Waals surface area contributed by atoms with Crippen LogP contribution in [0.5, 0.6) is 0 Å². The van der Waals surface area contributed by atoms with Gasteiger partial charge in [-0.25, -0.2) is 4.79 Å². The smallest absolute Gasteiger partial charge is 0.377 e. The molecule has 84 valence electrons. The molecular weight excluding hydrogens is 222 g/mol. The summed E-state index contributed by atoms with van der Waals surface area (Å²) in [5, 5.41) is 20.6. The van der Waals surface area contributed by atoms with Crippen LogP contribution in [0, 0.1) is 0 Å². The van der Waals surface area contributed by atoms with Crippen molar-refractivity contribution in [2.45, 2.75) is 0 Å². The van der Waals surface area contributed by atoms with E-state index >= 15 is 0 Å². The molecule has 0 radical (unpaired) electrons. The van der Waals surface area contributed by atoms with Gasteiger partial charge in [0, 0.05) is 17.1 Å². The largest absolute Gasteiger partial charge is 0.475 e. The highest BCUT2D eigenvalue weighted by Crippen LogP contribution is 2.19. The quantitative estimate of drug-likeness (QED) is 0.678. The average Bonchev–Trinajstić information content (AvgIpc) is 2.95. The molecule has 0 atom stereocenters. The molecule has 0 saturated heterocycles. The van der Waals surface area contributed by atoms with Crippen molar-refractivity contribution < 1.29 is 9.90 Å². The number of para-hydroxylation sites is 1. The minimum Gasteiger partial charge on any atom is -0.475 e. The number of tetrazole rings is 1. The molecule has 17 heavy (non-hydrogen) atoms. The summed E-state index contributed by atoms with van der Waals surface area (Å²) < 4.78 is 0. The van der Waals surface area contributed by atoms with Crippen LogP contribution in [0.2, 0.25) is 0 Å². The summed E-state index contributed by atoms with van der Waals surface area (Å²) in [6, 6.07) is 7.59. The van der Waals surface area contributed by atoms with Gasteiger partial charge in [0.2, 0.25) is 0 Å². The maximum absolute atomic E-state index is 10.7. The Hall–Kier alpha value is -2.70. The molecule has 0 aliphatic carbocycles. The number of nitrogens with zero attached hydrogens (tertiary/aromatic N) is 4. The van der Waals surface area contributed by atoms with E-state index in [4.69, 9.17) is 5.11 Å². The predicted octanol–water partition coefficient (Wildman–Crippen LogP) is 0.842. The minimum atomic E-state index is -1.20. The third-order valence-corrected chi connectivity index (χ3v) is 2.39. The molecule has 0 unspecified atom stereocenters. The number of carboxylic acid groups (broad SMARTS) is 1. The lowest BCUT2D eigenvalue weighted by Crippen LogP contribution is -2.01. The Morgan fingerprint density at radius 1 is 1.35 bits per heavy atom. The first-order valence-electron chi connectivity index (χ1n) is 4.85. The second-order valence-corrected chi connectivity index (χ2v) is 3.43. The number of H-pyrrole nitrogens is 1. The van der Waals surface area contributed by atoms with Crippen LogP contribution in [0.15, 0.2) is 30.5 Å².